The van der Waals surface area contributed by atoms with Gasteiger partial charge in [-0.05, 0) is 51.5 Å². The molecular formula is C14H10BrNO2S. The van der Waals surface area contributed by atoms with E-state index in [0.29, 0.717) is 16.5 Å². The van der Waals surface area contributed by atoms with E-state index in [1.807, 2.05) is 17.7 Å². The summed E-state index contributed by atoms with van der Waals surface area (Å²) < 4.78 is 0.712. The topological polar surface area (TPSA) is 46.2 Å². The molecule has 1 aromatic carbocycles. The predicted octanol–water partition coefficient (Wildman–Crippen LogP) is 3.54. The maximum atomic E-state index is 12.5. The molecule has 1 aliphatic rings. The van der Waals surface area contributed by atoms with Crippen LogP contribution >= 0.6 is 27.3 Å². The van der Waals surface area contributed by atoms with Gasteiger partial charge in [0.25, 0.3) is 0 Å². The molecule has 0 fully saturated rings. The molecule has 96 valence electrons. The smallest absolute Gasteiger partial charge is 0.228 e. The molecule has 0 atom stereocenters. The van der Waals surface area contributed by atoms with E-state index in [-0.39, 0.29) is 11.7 Å². The molecule has 19 heavy (non-hydrogen) atoms. The SMILES string of the molecule is Cc1cscc1C(=O)c1cc2c(cc1Br)NC(=O)C2. The van der Waals surface area contributed by atoms with Crippen molar-refractivity contribution in [3.05, 3.63) is 49.6 Å². The number of benzene rings is 1. The van der Waals surface area contributed by atoms with Crippen LogP contribution in [0.15, 0.2) is 27.4 Å². The Morgan fingerprint density at radius 2 is 2.11 bits per heavy atom. The Morgan fingerprint density at radius 3 is 2.79 bits per heavy atom. The van der Waals surface area contributed by atoms with Crippen molar-refractivity contribution in [1.82, 2.24) is 0 Å². The van der Waals surface area contributed by atoms with Crippen molar-refractivity contribution in [2.75, 3.05) is 5.32 Å². The third-order valence-corrected chi connectivity index (χ3v) is 4.68. The summed E-state index contributed by atoms with van der Waals surface area (Å²) in [5.74, 6) is -0.0361. The molecule has 0 spiro atoms. The molecule has 1 aliphatic heterocycles. The minimum absolute atomic E-state index is 0.00669. The van der Waals surface area contributed by atoms with Crippen molar-refractivity contribution in [1.29, 1.82) is 0 Å². The Balaban J connectivity index is 2.07. The highest BCUT2D eigenvalue weighted by Crippen LogP contribution is 2.32. The number of amides is 1. The van der Waals surface area contributed by atoms with Crippen LogP contribution in [0.2, 0.25) is 0 Å². The standard InChI is InChI=1S/C14H10BrNO2S/c1-7-5-19-6-10(7)14(18)9-2-8-3-13(17)16-12(8)4-11(9)15/h2,4-6H,3H2,1H3,(H,16,17). The first kappa shape index (κ1) is 12.6. The van der Waals surface area contributed by atoms with Crippen LogP contribution in [0.3, 0.4) is 0 Å². The van der Waals surface area contributed by atoms with Crippen molar-refractivity contribution >= 4 is 44.6 Å². The lowest BCUT2D eigenvalue weighted by Gasteiger charge is -2.07. The lowest BCUT2D eigenvalue weighted by molar-refractivity contribution is -0.115. The Hall–Kier alpha value is -1.46. The van der Waals surface area contributed by atoms with Crippen LogP contribution in [-0.2, 0) is 11.2 Å². The zero-order valence-corrected chi connectivity index (χ0v) is 12.5. The maximum Gasteiger partial charge on any atom is 0.228 e. The molecule has 2 heterocycles. The average molecular weight is 336 g/mol. The molecule has 0 saturated carbocycles. The van der Waals surface area contributed by atoms with Crippen LogP contribution in [0.25, 0.3) is 0 Å². The van der Waals surface area contributed by atoms with Crippen LogP contribution < -0.4 is 5.32 Å². The predicted molar refractivity (Wildman–Crippen MR) is 79.0 cm³/mol. The highest BCUT2D eigenvalue weighted by molar-refractivity contribution is 9.10. The summed E-state index contributed by atoms with van der Waals surface area (Å²) in [6, 6.07) is 3.60. The molecular weight excluding hydrogens is 326 g/mol. The van der Waals surface area contributed by atoms with E-state index >= 15 is 0 Å². The van der Waals surface area contributed by atoms with E-state index in [1.165, 1.54) is 11.3 Å². The molecule has 0 saturated heterocycles. The van der Waals surface area contributed by atoms with Gasteiger partial charge >= 0.3 is 0 Å². The average Bonchev–Trinajstić information content (AvgIpc) is 2.92. The number of hydrogen-bond acceptors (Lipinski definition) is 3. The zero-order chi connectivity index (χ0) is 13.6. The summed E-state index contributed by atoms with van der Waals surface area (Å²) in [6.45, 7) is 1.93. The normalized spacial score (nSPS) is 13.3. The zero-order valence-electron chi connectivity index (χ0n) is 10.1. The summed E-state index contributed by atoms with van der Waals surface area (Å²) in [4.78, 5) is 23.9. The maximum absolute atomic E-state index is 12.5. The van der Waals surface area contributed by atoms with Gasteiger partial charge in [0.1, 0.15) is 0 Å². The molecule has 1 aromatic heterocycles. The lowest BCUT2D eigenvalue weighted by Crippen LogP contribution is -2.03. The van der Waals surface area contributed by atoms with Gasteiger partial charge < -0.3 is 5.32 Å². The fourth-order valence-electron chi connectivity index (χ4n) is 2.16. The Morgan fingerprint density at radius 1 is 1.32 bits per heavy atom. The van der Waals surface area contributed by atoms with Gasteiger partial charge in [-0.15, -0.1) is 0 Å². The van der Waals surface area contributed by atoms with Crippen molar-refractivity contribution < 1.29 is 9.59 Å². The summed E-state index contributed by atoms with van der Waals surface area (Å²) in [6.07, 6.45) is 0.339. The van der Waals surface area contributed by atoms with Gasteiger partial charge in [-0.1, -0.05) is 0 Å². The van der Waals surface area contributed by atoms with Gasteiger partial charge in [-0.2, -0.15) is 11.3 Å². The van der Waals surface area contributed by atoms with E-state index in [0.717, 1.165) is 22.4 Å². The van der Waals surface area contributed by atoms with E-state index in [4.69, 9.17) is 0 Å². The van der Waals surface area contributed by atoms with Crippen LogP contribution in [0, 0.1) is 6.92 Å². The van der Waals surface area contributed by atoms with E-state index in [2.05, 4.69) is 21.2 Å². The molecule has 2 aromatic rings. The van der Waals surface area contributed by atoms with Crippen molar-refractivity contribution in [3.63, 3.8) is 0 Å². The first-order valence-corrected chi connectivity index (χ1v) is 7.49. The third kappa shape index (κ3) is 2.13. The summed E-state index contributed by atoms with van der Waals surface area (Å²) in [7, 11) is 0. The number of hydrogen-bond donors (Lipinski definition) is 1. The van der Waals surface area contributed by atoms with Gasteiger partial charge in [0.2, 0.25) is 5.91 Å². The van der Waals surface area contributed by atoms with Gasteiger partial charge in [0.05, 0.1) is 6.42 Å². The molecule has 3 rings (SSSR count). The molecule has 0 radical (unpaired) electrons. The number of carbonyl (C=O) groups is 2. The molecule has 3 nitrogen and oxygen atoms in total. The van der Waals surface area contributed by atoms with Crippen molar-refractivity contribution in [2.45, 2.75) is 13.3 Å². The monoisotopic (exact) mass is 335 g/mol. The van der Waals surface area contributed by atoms with Gasteiger partial charge in [-0.25, -0.2) is 0 Å². The number of thiophene rings is 1. The van der Waals surface area contributed by atoms with Crippen LogP contribution in [-0.4, -0.2) is 11.7 Å². The first-order valence-electron chi connectivity index (χ1n) is 5.76. The minimum atomic E-state index is -0.0294. The first-order chi connectivity index (χ1) is 9.06. The fourth-order valence-corrected chi connectivity index (χ4v) is 3.51. The molecule has 0 bridgehead atoms. The molecule has 5 heteroatoms. The van der Waals surface area contributed by atoms with Crippen LogP contribution in [0.5, 0.6) is 0 Å². The van der Waals surface area contributed by atoms with E-state index in [1.54, 1.807) is 12.1 Å². The van der Waals surface area contributed by atoms with E-state index in [9.17, 15) is 9.59 Å². The minimum Gasteiger partial charge on any atom is -0.325 e. The number of anilines is 1. The molecule has 1 N–H and O–H groups in total. The second-order valence-corrected chi connectivity index (χ2v) is 6.11. The van der Waals surface area contributed by atoms with Crippen LogP contribution in [0.4, 0.5) is 5.69 Å². The Bertz CT molecular complexity index is 705. The second-order valence-electron chi connectivity index (χ2n) is 4.51. The Labute approximate surface area is 122 Å². The molecule has 1 amide bonds. The summed E-state index contributed by atoms with van der Waals surface area (Å²) in [5.41, 5.74) is 3.98. The largest absolute Gasteiger partial charge is 0.325 e. The van der Waals surface area contributed by atoms with Gasteiger partial charge in [0, 0.05) is 26.7 Å². The van der Waals surface area contributed by atoms with Gasteiger partial charge in [0.15, 0.2) is 5.78 Å². The van der Waals surface area contributed by atoms with Gasteiger partial charge in [-0.3, -0.25) is 9.59 Å². The van der Waals surface area contributed by atoms with Crippen molar-refractivity contribution in [2.24, 2.45) is 0 Å². The highest BCUT2D eigenvalue weighted by Gasteiger charge is 2.23. The number of halogens is 1. The number of fused-ring (bicyclic) bond motifs is 1. The quantitative estimate of drug-likeness (QED) is 0.853. The third-order valence-electron chi connectivity index (χ3n) is 3.16. The van der Waals surface area contributed by atoms with Crippen LogP contribution in [0.1, 0.15) is 27.0 Å². The van der Waals surface area contributed by atoms with Crippen molar-refractivity contribution in [3.8, 4) is 0 Å². The molecule has 0 aliphatic carbocycles. The lowest BCUT2D eigenvalue weighted by atomic mass is 10.00. The number of rotatable bonds is 2. The highest BCUT2D eigenvalue weighted by atomic mass is 79.9. The molecule has 0 unspecified atom stereocenters. The number of carbonyl (C=O) groups excluding carboxylic acids is 2. The number of aryl methyl sites for hydroxylation is 1. The fraction of sp³-hybridized carbons (Fsp3) is 0.143. The summed E-state index contributed by atoms with van der Waals surface area (Å²) in [5, 5.41) is 6.59. The summed E-state index contributed by atoms with van der Waals surface area (Å²) >= 11 is 4.93. The number of ketones is 1. The Kier molecular flexibility index (Phi) is 3.03. The second kappa shape index (κ2) is 4.58. The number of nitrogens with one attached hydrogen (secondary N) is 1. The van der Waals surface area contributed by atoms with E-state index < -0.39 is 0 Å².